The second-order valence-corrected chi connectivity index (χ2v) is 7.06. The second kappa shape index (κ2) is 6.79. The molecule has 2 unspecified atom stereocenters. The summed E-state index contributed by atoms with van der Waals surface area (Å²) in [7, 11) is 0. The topological polar surface area (TPSA) is 46.9 Å². The van der Waals surface area contributed by atoms with Gasteiger partial charge in [-0.3, -0.25) is 9.78 Å². The molecule has 1 aliphatic carbocycles. The van der Waals surface area contributed by atoms with E-state index in [1.807, 2.05) is 31.2 Å². The number of benzene rings is 1. The molecule has 0 spiro atoms. The van der Waals surface area contributed by atoms with Crippen molar-refractivity contribution in [1.82, 2.24) is 14.9 Å². The van der Waals surface area contributed by atoms with Gasteiger partial charge in [-0.05, 0) is 49.6 Å². The molecule has 1 saturated carbocycles. The molecule has 0 aliphatic heterocycles. The van der Waals surface area contributed by atoms with Crippen LogP contribution in [0, 0.1) is 13.8 Å². The first-order valence-corrected chi connectivity index (χ1v) is 9.05. The Morgan fingerprint density at radius 3 is 2.62 bits per heavy atom. The summed E-state index contributed by atoms with van der Waals surface area (Å²) in [6, 6.07) is 16.7. The third-order valence-electron chi connectivity index (χ3n) is 5.24. The number of nitrogens with one attached hydrogen (secondary N) is 1. The first-order chi connectivity index (χ1) is 12.6. The summed E-state index contributed by atoms with van der Waals surface area (Å²) in [5.41, 5.74) is 5.37. The molecule has 132 valence electrons. The molecule has 3 aromatic rings. The Morgan fingerprint density at radius 1 is 1.15 bits per heavy atom. The van der Waals surface area contributed by atoms with Crippen LogP contribution in [0.2, 0.25) is 0 Å². The predicted molar refractivity (Wildman–Crippen MR) is 102 cm³/mol. The summed E-state index contributed by atoms with van der Waals surface area (Å²) in [4.78, 5) is 16.8. The van der Waals surface area contributed by atoms with Gasteiger partial charge in [0.1, 0.15) is 0 Å². The van der Waals surface area contributed by atoms with E-state index in [9.17, 15) is 4.79 Å². The van der Waals surface area contributed by atoms with Crippen LogP contribution < -0.4 is 5.32 Å². The molecule has 0 bridgehead atoms. The SMILES string of the molecule is Cc1cc(C(=O)NC2CC2c2ccccc2)c(C)n1Cc1ccncc1. The summed E-state index contributed by atoms with van der Waals surface area (Å²) in [6.07, 6.45) is 4.62. The maximum absolute atomic E-state index is 12.8. The van der Waals surface area contributed by atoms with Gasteiger partial charge in [0.2, 0.25) is 0 Å². The van der Waals surface area contributed by atoms with Crippen molar-refractivity contribution in [2.75, 3.05) is 0 Å². The first-order valence-electron chi connectivity index (χ1n) is 9.05. The van der Waals surface area contributed by atoms with Gasteiger partial charge in [0.15, 0.2) is 0 Å². The summed E-state index contributed by atoms with van der Waals surface area (Å²) < 4.78 is 2.19. The molecule has 0 radical (unpaired) electrons. The monoisotopic (exact) mass is 345 g/mol. The number of hydrogen-bond donors (Lipinski definition) is 1. The average Bonchev–Trinajstić information content (AvgIpc) is 3.38. The zero-order valence-corrected chi connectivity index (χ0v) is 15.1. The molecular formula is C22H23N3O. The van der Waals surface area contributed by atoms with Crippen LogP contribution in [-0.4, -0.2) is 21.5 Å². The number of carbonyl (C=O) groups excluding carboxylic acids is 1. The quantitative estimate of drug-likeness (QED) is 0.764. The normalized spacial score (nSPS) is 18.5. The number of pyridine rings is 1. The third kappa shape index (κ3) is 3.27. The molecule has 2 atom stereocenters. The molecular weight excluding hydrogens is 322 g/mol. The van der Waals surface area contributed by atoms with Crippen LogP contribution in [0.1, 0.15) is 45.2 Å². The number of hydrogen-bond acceptors (Lipinski definition) is 2. The van der Waals surface area contributed by atoms with Crippen molar-refractivity contribution in [1.29, 1.82) is 0 Å². The molecule has 26 heavy (non-hydrogen) atoms. The number of nitrogens with zero attached hydrogens (tertiary/aromatic N) is 2. The van der Waals surface area contributed by atoms with Crippen molar-refractivity contribution in [2.45, 2.75) is 38.8 Å². The summed E-state index contributed by atoms with van der Waals surface area (Å²) in [6.45, 7) is 4.82. The maximum atomic E-state index is 12.8. The van der Waals surface area contributed by atoms with Gasteiger partial charge in [0, 0.05) is 42.3 Å². The number of carbonyl (C=O) groups is 1. The molecule has 1 aromatic carbocycles. The van der Waals surface area contributed by atoms with E-state index in [0.717, 1.165) is 29.9 Å². The summed E-state index contributed by atoms with van der Waals surface area (Å²) in [5, 5.41) is 3.20. The number of amides is 1. The minimum Gasteiger partial charge on any atom is -0.349 e. The smallest absolute Gasteiger partial charge is 0.253 e. The lowest BCUT2D eigenvalue weighted by Crippen LogP contribution is -2.27. The van der Waals surface area contributed by atoms with Crippen LogP contribution in [0.3, 0.4) is 0 Å². The van der Waals surface area contributed by atoms with Crippen LogP contribution in [0.25, 0.3) is 0 Å². The van der Waals surface area contributed by atoms with Gasteiger partial charge in [-0.25, -0.2) is 0 Å². The minimum atomic E-state index is 0.0301. The Kier molecular flexibility index (Phi) is 4.33. The number of aromatic nitrogens is 2. The Bertz CT molecular complexity index is 915. The molecule has 4 nitrogen and oxygen atoms in total. The van der Waals surface area contributed by atoms with Gasteiger partial charge in [-0.2, -0.15) is 0 Å². The van der Waals surface area contributed by atoms with E-state index in [2.05, 4.69) is 46.1 Å². The number of aryl methyl sites for hydroxylation is 1. The highest BCUT2D eigenvalue weighted by Crippen LogP contribution is 2.40. The van der Waals surface area contributed by atoms with E-state index < -0.39 is 0 Å². The van der Waals surface area contributed by atoms with E-state index in [4.69, 9.17) is 0 Å². The van der Waals surface area contributed by atoms with Gasteiger partial charge in [0.05, 0.1) is 5.56 Å². The lowest BCUT2D eigenvalue weighted by atomic mass is 10.1. The molecule has 0 saturated heterocycles. The van der Waals surface area contributed by atoms with E-state index in [1.165, 1.54) is 11.1 Å². The van der Waals surface area contributed by atoms with Gasteiger partial charge in [0.25, 0.3) is 5.91 Å². The molecule has 4 heteroatoms. The third-order valence-corrected chi connectivity index (χ3v) is 5.24. The Hall–Kier alpha value is -2.88. The Labute approximate surface area is 153 Å². The van der Waals surface area contributed by atoms with E-state index in [-0.39, 0.29) is 11.9 Å². The minimum absolute atomic E-state index is 0.0301. The van der Waals surface area contributed by atoms with Crippen LogP contribution in [0.15, 0.2) is 60.9 Å². The lowest BCUT2D eigenvalue weighted by molar-refractivity contribution is 0.0949. The Morgan fingerprint density at radius 2 is 1.88 bits per heavy atom. The van der Waals surface area contributed by atoms with Gasteiger partial charge in [-0.1, -0.05) is 30.3 Å². The highest BCUT2D eigenvalue weighted by Gasteiger charge is 2.39. The Balaban J connectivity index is 1.47. The first kappa shape index (κ1) is 16.6. The summed E-state index contributed by atoms with van der Waals surface area (Å²) in [5.74, 6) is 0.475. The van der Waals surface area contributed by atoms with Crippen molar-refractivity contribution in [3.63, 3.8) is 0 Å². The van der Waals surface area contributed by atoms with Crippen LogP contribution >= 0.6 is 0 Å². The standard InChI is InChI=1S/C22H23N3O/c1-15-12-19(16(2)25(15)14-17-8-10-23-11-9-17)22(26)24-21-13-20(21)18-6-4-3-5-7-18/h3-12,20-21H,13-14H2,1-2H3,(H,24,26). The van der Waals surface area contributed by atoms with Crippen LogP contribution in [0.4, 0.5) is 0 Å². The lowest BCUT2D eigenvalue weighted by Gasteiger charge is -2.10. The van der Waals surface area contributed by atoms with Crippen LogP contribution in [0.5, 0.6) is 0 Å². The van der Waals surface area contributed by atoms with Crippen molar-refractivity contribution < 1.29 is 4.79 Å². The predicted octanol–water partition coefficient (Wildman–Crippen LogP) is 3.83. The van der Waals surface area contributed by atoms with Crippen molar-refractivity contribution in [2.24, 2.45) is 0 Å². The van der Waals surface area contributed by atoms with Crippen LogP contribution in [-0.2, 0) is 6.54 Å². The average molecular weight is 345 g/mol. The van der Waals surface area contributed by atoms with E-state index in [1.54, 1.807) is 12.4 Å². The molecule has 4 rings (SSSR count). The maximum Gasteiger partial charge on any atom is 0.253 e. The van der Waals surface area contributed by atoms with Crippen molar-refractivity contribution in [3.8, 4) is 0 Å². The van der Waals surface area contributed by atoms with Gasteiger partial charge < -0.3 is 9.88 Å². The highest BCUT2D eigenvalue weighted by molar-refractivity contribution is 5.96. The molecule has 1 aliphatic rings. The van der Waals surface area contributed by atoms with E-state index in [0.29, 0.717) is 5.92 Å². The van der Waals surface area contributed by atoms with E-state index >= 15 is 0 Å². The number of rotatable bonds is 5. The van der Waals surface area contributed by atoms with Gasteiger partial charge in [-0.15, -0.1) is 0 Å². The fraction of sp³-hybridized carbons (Fsp3) is 0.273. The summed E-state index contributed by atoms with van der Waals surface area (Å²) >= 11 is 0. The molecule has 2 heterocycles. The highest BCUT2D eigenvalue weighted by atomic mass is 16.1. The largest absolute Gasteiger partial charge is 0.349 e. The van der Waals surface area contributed by atoms with Crippen molar-refractivity contribution >= 4 is 5.91 Å². The molecule has 1 fully saturated rings. The molecule has 2 aromatic heterocycles. The zero-order valence-electron chi connectivity index (χ0n) is 15.1. The molecule has 1 amide bonds. The van der Waals surface area contributed by atoms with Crippen molar-refractivity contribution in [3.05, 3.63) is 89.0 Å². The molecule has 1 N–H and O–H groups in total. The zero-order chi connectivity index (χ0) is 18.1. The second-order valence-electron chi connectivity index (χ2n) is 7.06. The van der Waals surface area contributed by atoms with Gasteiger partial charge >= 0.3 is 0 Å². The fourth-order valence-corrected chi connectivity index (χ4v) is 3.61. The fourth-order valence-electron chi connectivity index (χ4n) is 3.61.